The molecule has 2 atom stereocenters. The fraction of sp³-hybridized carbons (Fsp3) is 0.417. The summed E-state index contributed by atoms with van der Waals surface area (Å²) in [7, 11) is 1.72. The van der Waals surface area contributed by atoms with Gasteiger partial charge in [0.1, 0.15) is 0 Å². The maximum atomic E-state index is 12.4. The third-order valence-electron chi connectivity index (χ3n) is 3.13. The number of rotatable bonds is 2. The smallest absolute Gasteiger partial charge is 0.255 e. The Morgan fingerprint density at radius 3 is 2.72 bits per heavy atom. The molecule has 0 radical (unpaired) electrons. The number of hydrogen-bond donors (Lipinski definition) is 2. The van der Waals surface area contributed by atoms with E-state index in [1.54, 1.807) is 18.0 Å². The van der Waals surface area contributed by atoms with E-state index in [2.05, 4.69) is 37.2 Å². The van der Waals surface area contributed by atoms with E-state index in [9.17, 15) is 9.90 Å². The molecule has 1 fully saturated rings. The largest absolute Gasteiger partial charge is 0.390 e. The van der Waals surface area contributed by atoms with Crippen molar-refractivity contribution in [1.82, 2.24) is 10.2 Å². The summed E-state index contributed by atoms with van der Waals surface area (Å²) < 4.78 is 1.66. The average Bonchev–Trinajstić information content (AvgIpc) is 2.74. The van der Waals surface area contributed by atoms with Crippen LogP contribution in [0, 0.1) is 0 Å². The van der Waals surface area contributed by atoms with Gasteiger partial charge in [-0.25, -0.2) is 0 Å². The Labute approximate surface area is 123 Å². The van der Waals surface area contributed by atoms with Crippen molar-refractivity contribution in [3.63, 3.8) is 0 Å². The third kappa shape index (κ3) is 2.77. The molecule has 0 saturated carbocycles. The first-order valence-electron chi connectivity index (χ1n) is 5.61. The molecule has 98 valence electrons. The van der Waals surface area contributed by atoms with Gasteiger partial charge in [-0.1, -0.05) is 15.9 Å². The number of aliphatic hydroxyl groups excluding tert-OH is 1. The summed E-state index contributed by atoms with van der Waals surface area (Å²) in [6.45, 7) is 1.15. The summed E-state index contributed by atoms with van der Waals surface area (Å²) in [6, 6.07) is 5.26. The second kappa shape index (κ2) is 5.69. The molecule has 1 aromatic carbocycles. The summed E-state index contributed by atoms with van der Waals surface area (Å²) in [5, 5.41) is 12.9. The zero-order valence-corrected chi connectivity index (χ0v) is 13.0. The molecule has 1 amide bonds. The Bertz CT molecular complexity index is 467. The highest BCUT2D eigenvalue weighted by atomic mass is 79.9. The highest BCUT2D eigenvalue weighted by molar-refractivity contribution is 9.11. The molecule has 0 bridgehead atoms. The number of aliphatic hydroxyl groups is 1. The number of carbonyl (C=O) groups is 1. The second-order valence-electron chi connectivity index (χ2n) is 4.33. The zero-order valence-electron chi connectivity index (χ0n) is 9.86. The quantitative estimate of drug-likeness (QED) is 0.823. The van der Waals surface area contributed by atoms with Gasteiger partial charge in [-0.05, 0) is 34.1 Å². The number of β-amino-alcohol motifs (C(OH)–C–C–N with tert-alkyl or cyclic N) is 1. The van der Waals surface area contributed by atoms with E-state index in [0.29, 0.717) is 18.7 Å². The van der Waals surface area contributed by atoms with Crippen LogP contribution in [0.15, 0.2) is 27.1 Å². The number of nitrogens with zero attached hydrogens (tertiary/aromatic N) is 1. The molecule has 2 rings (SSSR count). The summed E-state index contributed by atoms with van der Waals surface area (Å²) in [5.41, 5.74) is 0.597. The molecular formula is C12H14Br2N2O2. The van der Waals surface area contributed by atoms with E-state index in [1.165, 1.54) is 0 Å². The summed E-state index contributed by atoms with van der Waals surface area (Å²) in [6.07, 6.45) is -0.506. The fourth-order valence-corrected chi connectivity index (χ4v) is 3.27. The average molecular weight is 378 g/mol. The van der Waals surface area contributed by atoms with Crippen LogP contribution in [0.5, 0.6) is 0 Å². The van der Waals surface area contributed by atoms with Crippen LogP contribution >= 0.6 is 31.9 Å². The topological polar surface area (TPSA) is 52.6 Å². The number of hydrogen-bond acceptors (Lipinski definition) is 3. The van der Waals surface area contributed by atoms with Gasteiger partial charge >= 0.3 is 0 Å². The van der Waals surface area contributed by atoms with Gasteiger partial charge < -0.3 is 15.3 Å². The molecule has 0 aliphatic carbocycles. The Balaban J connectivity index is 2.20. The van der Waals surface area contributed by atoms with Crippen LogP contribution in [0.1, 0.15) is 10.4 Å². The molecule has 2 N–H and O–H groups in total. The van der Waals surface area contributed by atoms with Crippen molar-refractivity contribution < 1.29 is 9.90 Å². The SMILES string of the molecule is CN(C(=O)c1ccc(Br)cc1Br)[C@H]1CNC[C@@H]1O. The molecule has 1 aliphatic rings. The Kier molecular flexibility index (Phi) is 4.42. The van der Waals surface area contributed by atoms with Crippen LogP contribution in [0.3, 0.4) is 0 Å². The molecule has 18 heavy (non-hydrogen) atoms. The second-order valence-corrected chi connectivity index (χ2v) is 6.10. The van der Waals surface area contributed by atoms with E-state index in [0.717, 1.165) is 8.95 Å². The van der Waals surface area contributed by atoms with Crippen molar-refractivity contribution in [2.75, 3.05) is 20.1 Å². The number of carbonyl (C=O) groups excluding carboxylic acids is 1. The normalized spacial score (nSPS) is 23.1. The molecule has 1 heterocycles. The van der Waals surface area contributed by atoms with Crippen LogP contribution in [0.4, 0.5) is 0 Å². The minimum Gasteiger partial charge on any atom is -0.390 e. The zero-order chi connectivity index (χ0) is 13.3. The van der Waals surface area contributed by atoms with E-state index in [1.807, 2.05) is 12.1 Å². The van der Waals surface area contributed by atoms with Crippen molar-refractivity contribution in [3.05, 3.63) is 32.7 Å². The van der Waals surface area contributed by atoms with Gasteiger partial charge in [0.25, 0.3) is 5.91 Å². The molecule has 0 unspecified atom stereocenters. The van der Waals surface area contributed by atoms with Gasteiger partial charge in [0.05, 0.1) is 17.7 Å². The molecule has 0 aromatic heterocycles. The van der Waals surface area contributed by atoms with E-state index < -0.39 is 6.10 Å². The predicted octanol–water partition coefficient (Wildman–Crippen LogP) is 1.62. The van der Waals surface area contributed by atoms with E-state index >= 15 is 0 Å². The van der Waals surface area contributed by atoms with Gasteiger partial charge in [0.15, 0.2) is 0 Å². The van der Waals surface area contributed by atoms with Gasteiger partial charge in [0, 0.05) is 29.1 Å². The maximum Gasteiger partial charge on any atom is 0.255 e. The molecule has 1 aromatic rings. The van der Waals surface area contributed by atoms with Crippen molar-refractivity contribution in [2.24, 2.45) is 0 Å². The lowest BCUT2D eigenvalue weighted by molar-refractivity contribution is 0.0580. The number of halogens is 2. The number of amides is 1. The lowest BCUT2D eigenvalue weighted by Crippen LogP contribution is -2.44. The highest BCUT2D eigenvalue weighted by Gasteiger charge is 2.32. The van der Waals surface area contributed by atoms with Gasteiger partial charge in [-0.15, -0.1) is 0 Å². The Hall–Kier alpha value is -0.430. The van der Waals surface area contributed by atoms with Crippen LogP contribution < -0.4 is 5.32 Å². The van der Waals surface area contributed by atoms with Crippen molar-refractivity contribution in [3.8, 4) is 0 Å². The standard InChI is InChI=1S/C12H14Br2N2O2/c1-16(10-5-15-6-11(10)17)12(18)8-3-2-7(13)4-9(8)14/h2-4,10-11,15,17H,5-6H2,1H3/t10-,11-/m0/s1. The maximum absolute atomic E-state index is 12.4. The first kappa shape index (κ1) is 14.0. The summed E-state index contributed by atoms with van der Waals surface area (Å²) in [5.74, 6) is -0.0953. The Morgan fingerprint density at radius 1 is 1.44 bits per heavy atom. The van der Waals surface area contributed by atoms with Crippen LogP contribution in [0.2, 0.25) is 0 Å². The van der Waals surface area contributed by atoms with E-state index in [4.69, 9.17) is 0 Å². The lowest BCUT2D eigenvalue weighted by atomic mass is 10.1. The monoisotopic (exact) mass is 376 g/mol. The van der Waals surface area contributed by atoms with Crippen molar-refractivity contribution >= 4 is 37.8 Å². The van der Waals surface area contributed by atoms with Crippen molar-refractivity contribution in [2.45, 2.75) is 12.1 Å². The predicted molar refractivity (Wildman–Crippen MR) is 76.6 cm³/mol. The number of likely N-dealkylation sites (N-methyl/N-ethyl adjacent to an activating group) is 1. The van der Waals surface area contributed by atoms with Crippen molar-refractivity contribution in [1.29, 1.82) is 0 Å². The minimum atomic E-state index is -0.506. The van der Waals surface area contributed by atoms with Crippen LogP contribution in [-0.4, -0.2) is 48.2 Å². The highest BCUT2D eigenvalue weighted by Crippen LogP contribution is 2.24. The molecule has 0 spiro atoms. The molecular weight excluding hydrogens is 364 g/mol. The Morgan fingerprint density at radius 2 is 2.17 bits per heavy atom. The third-order valence-corrected chi connectivity index (χ3v) is 4.28. The van der Waals surface area contributed by atoms with Crippen LogP contribution in [0.25, 0.3) is 0 Å². The fourth-order valence-electron chi connectivity index (χ4n) is 2.05. The number of benzene rings is 1. The molecule has 1 saturated heterocycles. The summed E-state index contributed by atoms with van der Waals surface area (Å²) in [4.78, 5) is 13.9. The van der Waals surface area contributed by atoms with Gasteiger partial charge in [0.2, 0.25) is 0 Å². The lowest BCUT2D eigenvalue weighted by Gasteiger charge is -2.26. The summed E-state index contributed by atoms with van der Waals surface area (Å²) >= 11 is 6.74. The minimum absolute atomic E-state index is 0.0953. The first-order chi connectivity index (χ1) is 8.50. The molecule has 6 heteroatoms. The van der Waals surface area contributed by atoms with Gasteiger partial charge in [-0.2, -0.15) is 0 Å². The first-order valence-corrected chi connectivity index (χ1v) is 7.20. The van der Waals surface area contributed by atoms with Gasteiger partial charge in [-0.3, -0.25) is 4.79 Å². The van der Waals surface area contributed by atoms with Crippen LogP contribution in [-0.2, 0) is 0 Å². The van der Waals surface area contributed by atoms with E-state index in [-0.39, 0.29) is 11.9 Å². The number of nitrogens with one attached hydrogen (secondary N) is 1. The molecule has 1 aliphatic heterocycles. The molecule has 4 nitrogen and oxygen atoms in total.